The van der Waals surface area contributed by atoms with Crippen molar-refractivity contribution >= 4 is 29.9 Å². The van der Waals surface area contributed by atoms with E-state index in [0.717, 1.165) is 52.0 Å². The molecule has 4 aromatic rings. The summed E-state index contributed by atoms with van der Waals surface area (Å²) < 4.78 is 4.74. The average Bonchev–Trinajstić information content (AvgIpc) is 3.60. The van der Waals surface area contributed by atoms with Crippen LogP contribution in [0.2, 0.25) is 5.02 Å². The van der Waals surface area contributed by atoms with E-state index in [1.165, 1.54) is 0 Å². The van der Waals surface area contributed by atoms with Crippen LogP contribution in [0.25, 0.3) is 22.3 Å². The first-order valence-electron chi connectivity index (χ1n) is 11.9. The van der Waals surface area contributed by atoms with Crippen molar-refractivity contribution in [3.63, 3.8) is 0 Å². The maximum atomic E-state index is 11.4. The van der Waals surface area contributed by atoms with Crippen molar-refractivity contribution in [2.24, 2.45) is 0 Å². The van der Waals surface area contributed by atoms with E-state index in [9.17, 15) is 14.7 Å². The molecule has 1 heterocycles. The predicted octanol–water partition coefficient (Wildman–Crippen LogP) is 6.48. The first-order chi connectivity index (χ1) is 17.9. The fraction of sp³-hybridized carbons (Fsp3) is 0.207. The smallest absolute Gasteiger partial charge is 0.314 e. The molecule has 0 spiro atoms. The fourth-order valence-corrected chi connectivity index (χ4v) is 4.52. The fourth-order valence-electron chi connectivity index (χ4n) is 4.23. The molecule has 0 aliphatic heterocycles. The summed E-state index contributed by atoms with van der Waals surface area (Å²) in [6.07, 6.45) is 2.98. The first kappa shape index (κ1) is 26.0. The summed E-state index contributed by atoms with van der Waals surface area (Å²) in [6.45, 7) is 2.20. The SMILES string of the molecule is CC(OC=O)c1ccccc1Cl.CNc1[nH]ncc1-c1ccc(-c2ccc(C3(C(=O)O)CC3)cc2)cc1. The minimum Gasteiger partial charge on any atom is -0.481 e. The number of hydrogen-bond donors (Lipinski definition) is 3. The molecule has 7 nitrogen and oxygen atoms in total. The van der Waals surface area contributed by atoms with E-state index in [1.54, 1.807) is 19.2 Å². The topological polar surface area (TPSA) is 104 Å². The van der Waals surface area contributed by atoms with Crippen molar-refractivity contribution < 1.29 is 19.4 Å². The van der Waals surface area contributed by atoms with Crippen molar-refractivity contribution in [1.29, 1.82) is 0 Å². The molecule has 1 fully saturated rings. The highest BCUT2D eigenvalue weighted by Gasteiger charge is 2.51. The molecule has 0 saturated heterocycles. The third-order valence-electron chi connectivity index (χ3n) is 6.62. The number of hydrogen-bond acceptors (Lipinski definition) is 5. The van der Waals surface area contributed by atoms with Crippen molar-refractivity contribution in [2.75, 3.05) is 12.4 Å². The molecule has 37 heavy (non-hydrogen) atoms. The van der Waals surface area contributed by atoms with Crippen molar-refractivity contribution in [3.05, 3.63) is 95.1 Å². The minimum atomic E-state index is -0.718. The molecule has 8 heteroatoms. The Labute approximate surface area is 220 Å². The molecule has 5 rings (SSSR count). The number of aromatic amines is 1. The van der Waals surface area contributed by atoms with Gasteiger partial charge in [0.1, 0.15) is 11.9 Å². The molecule has 190 valence electrons. The Morgan fingerprint density at radius 2 is 1.65 bits per heavy atom. The predicted molar refractivity (Wildman–Crippen MR) is 145 cm³/mol. The number of rotatable bonds is 8. The van der Waals surface area contributed by atoms with E-state index >= 15 is 0 Å². The van der Waals surface area contributed by atoms with Gasteiger partial charge in [-0.3, -0.25) is 14.7 Å². The normalized spacial score (nSPS) is 14.0. The molecule has 3 N–H and O–H groups in total. The van der Waals surface area contributed by atoms with Gasteiger partial charge in [0.2, 0.25) is 0 Å². The highest BCUT2D eigenvalue weighted by Crippen LogP contribution is 2.48. The first-order valence-corrected chi connectivity index (χ1v) is 12.3. The van der Waals surface area contributed by atoms with Gasteiger partial charge >= 0.3 is 5.97 Å². The third-order valence-corrected chi connectivity index (χ3v) is 6.96. The number of benzene rings is 3. The number of ether oxygens (including phenoxy) is 1. The Kier molecular flexibility index (Phi) is 7.94. The number of aromatic nitrogens is 2. The van der Waals surface area contributed by atoms with E-state index in [1.807, 2.05) is 49.5 Å². The molecule has 1 atom stereocenters. The number of carbonyl (C=O) groups excluding carboxylic acids is 1. The van der Waals surface area contributed by atoms with Gasteiger partial charge in [0.05, 0.1) is 11.6 Å². The van der Waals surface area contributed by atoms with Gasteiger partial charge in [-0.2, -0.15) is 5.10 Å². The number of carboxylic acid groups (broad SMARTS) is 1. The number of nitrogens with zero attached hydrogens (tertiary/aromatic N) is 1. The van der Waals surface area contributed by atoms with Crippen molar-refractivity contribution in [2.45, 2.75) is 31.3 Å². The Bertz CT molecular complexity index is 1360. The zero-order chi connectivity index (χ0) is 26.4. The summed E-state index contributed by atoms with van der Waals surface area (Å²) in [4.78, 5) is 21.5. The molecule has 0 radical (unpaired) electrons. The number of carbonyl (C=O) groups is 2. The second-order valence-electron chi connectivity index (χ2n) is 8.85. The second kappa shape index (κ2) is 11.3. The van der Waals surface area contributed by atoms with Crippen molar-refractivity contribution in [3.8, 4) is 22.3 Å². The van der Waals surface area contributed by atoms with Gasteiger partial charge in [0, 0.05) is 23.2 Å². The molecule has 0 bridgehead atoms. The summed E-state index contributed by atoms with van der Waals surface area (Å²) in [6, 6.07) is 23.4. The van der Waals surface area contributed by atoms with Crippen LogP contribution < -0.4 is 5.32 Å². The third kappa shape index (κ3) is 5.67. The van der Waals surface area contributed by atoms with Gasteiger partial charge in [-0.25, -0.2) is 0 Å². The molecular weight excluding hydrogens is 490 g/mol. The van der Waals surface area contributed by atoms with Crippen LogP contribution in [0.5, 0.6) is 0 Å². The van der Waals surface area contributed by atoms with Gasteiger partial charge < -0.3 is 15.2 Å². The lowest BCUT2D eigenvalue weighted by molar-refractivity contribution is -0.140. The van der Waals surface area contributed by atoms with E-state index in [-0.39, 0.29) is 6.10 Å². The molecule has 0 amide bonds. The molecule has 1 saturated carbocycles. The van der Waals surface area contributed by atoms with Gasteiger partial charge in [-0.05, 0) is 48.1 Å². The number of aliphatic carboxylic acids is 1. The summed E-state index contributed by atoms with van der Waals surface area (Å²) >= 11 is 5.86. The maximum absolute atomic E-state index is 11.4. The van der Waals surface area contributed by atoms with Crippen LogP contribution in [0.3, 0.4) is 0 Å². The molecule has 1 aromatic heterocycles. The minimum absolute atomic E-state index is 0.281. The summed E-state index contributed by atoms with van der Waals surface area (Å²) in [5.74, 6) is 0.172. The lowest BCUT2D eigenvalue weighted by Crippen LogP contribution is -2.19. The quantitative estimate of drug-likeness (QED) is 0.231. The molecular formula is C29H28ClN3O4. The highest BCUT2D eigenvalue weighted by molar-refractivity contribution is 6.31. The van der Waals surface area contributed by atoms with Crippen LogP contribution in [0.4, 0.5) is 5.82 Å². The molecule has 1 aliphatic rings. The monoisotopic (exact) mass is 517 g/mol. The molecule has 3 aromatic carbocycles. The summed E-state index contributed by atoms with van der Waals surface area (Å²) in [5.41, 5.74) is 5.38. The maximum Gasteiger partial charge on any atom is 0.314 e. The molecule has 1 unspecified atom stereocenters. The molecule has 1 aliphatic carbocycles. The number of anilines is 1. The van der Waals surface area contributed by atoms with Crippen molar-refractivity contribution in [1.82, 2.24) is 10.2 Å². The van der Waals surface area contributed by atoms with Gasteiger partial charge in [0.15, 0.2) is 0 Å². The van der Waals surface area contributed by atoms with Crippen LogP contribution in [0.1, 0.15) is 37.0 Å². The highest BCUT2D eigenvalue weighted by atomic mass is 35.5. The largest absolute Gasteiger partial charge is 0.481 e. The lowest BCUT2D eigenvalue weighted by atomic mass is 9.93. The van der Waals surface area contributed by atoms with Gasteiger partial charge in [0.25, 0.3) is 6.47 Å². The van der Waals surface area contributed by atoms with Gasteiger partial charge in [-0.1, -0.05) is 78.3 Å². The summed E-state index contributed by atoms with van der Waals surface area (Å²) in [5, 5.41) is 20.1. The number of carboxylic acids is 1. The summed E-state index contributed by atoms with van der Waals surface area (Å²) in [7, 11) is 1.86. The zero-order valence-electron chi connectivity index (χ0n) is 20.6. The zero-order valence-corrected chi connectivity index (χ0v) is 21.3. The Hall–Kier alpha value is -4.10. The van der Waals surface area contributed by atoms with Crippen LogP contribution in [-0.4, -0.2) is 34.8 Å². The van der Waals surface area contributed by atoms with Gasteiger partial charge in [-0.15, -0.1) is 0 Å². The van der Waals surface area contributed by atoms with Crippen LogP contribution in [0.15, 0.2) is 79.0 Å². The van der Waals surface area contributed by atoms with Crippen LogP contribution >= 0.6 is 11.6 Å². The van der Waals surface area contributed by atoms with Crippen LogP contribution in [-0.2, 0) is 19.7 Å². The number of nitrogens with one attached hydrogen (secondary N) is 2. The lowest BCUT2D eigenvalue weighted by Gasteiger charge is -2.11. The Balaban J connectivity index is 0.000000225. The standard InChI is InChI=1S/C20H19N3O2.C9H9ClO2/c1-21-18-17(12-22-23-18)15-4-2-13(3-5-15)14-6-8-16(9-7-14)20(10-11-20)19(24)25;1-7(12-6-11)8-4-2-3-5-9(8)10/h2-9,12H,10-11H2,1H3,(H,24,25)(H2,21,22,23);2-7H,1H3. The van der Waals surface area contributed by atoms with Crippen LogP contribution in [0, 0.1) is 0 Å². The number of H-pyrrole nitrogens is 1. The Morgan fingerprint density at radius 1 is 1.05 bits per heavy atom. The second-order valence-corrected chi connectivity index (χ2v) is 9.25. The number of halogens is 1. The van der Waals surface area contributed by atoms with E-state index < -0.39 is 11.4 Å². The van der Waals surface area contributed by atoms with E-state index in [0.29, 0.717) is 11.5 Å². The Morgan fingerprint density at radius 3 is 2.19 bits per heavy atom. The average molecular weight is 518 g/mol. The van der Waals surface area contributed by atoms with E-state index in [2.05, 4.69) is 39.8 Å². The van der Waals surface area contributed by atoms with E-state index in [4.69, 9.17) is 16.3 Å².